The molecule has 3 aromatic rings. The molecule has 0 aliphatic carbocycles. The Kier molecular flexibility index (Phi) is 7.13. The molecule has 0 aromatic heterocycles. The van der Waals surface area contributed by atoms with Crippen LogP contribution in [0.2, 0.25) is 0 Å². The summed E-state index contributed by atoms with van der Waals surface area (Å²) < 4.78 is 11.6. The van der Waals surface area contributed by atoms with Crippen LogP contribution in [-0.2, 0) is 17.9 Å². The van der Waals surface area contributed by atoms with Crippen molar-refractivity contribution in [3.8, 4) is 5.75 Å². The molecule has 4 nitrogen and oxygen atoms in total. The van der Waals surface area contributed by atoms with Gasteiger partial charge in [0.2, 0.25) is 0 Å². The van der Waals surface area contributed by atoms with Crippen molar-refractivity contribution in [3.63, 3.8) is 0 Å². The smallest absolute Gasteiger partial charge is 0.124 e. The number of benzene rings is 3. The fraction of sp³-hybridized carbons (Fsp3) is 0.360. The van der Waals surface area contributed by atoms with Crippen LogP contribution in [-0.4, -0.2) is 44.3 Å². The first-order valence-electron chi connectivity index (χ1n) is 10.6. The third kappa shape index (κ3) is 5.57. The van der Waals surface area contributed by atoms with Gasteiger partial charge in [-0.2, -0.15) is 0 Å². The highest BCUT2D eigenvalue weighted by Gasteiger charge is 2.11. The van der Waals surface area contributed by atoms with Crippen LogP contribution in [0.25, 0.3) is 10.8 Å². The zero-order valence-corrected chi connectivity index (χ0v) is 17.0. The van der Waals surface area contributed by atoms with Gasteiger partial charge in [0.25, 0.3) is 0 Å². The maximum Gasteiger partial charge on any atom is 0.124 e. The monoisotopic (exact) mass is 390 g/mol. The summed E-state index contributed by atoms with van der Waals surface area (Å²) in [5.41, 5.74) is 2.43. The van der Waals surface area contributed by atoms with E-state index < -0.39 is 0 Å². The van der Waals surface area contributed by atoms with Crippen molar-refractivity contribution in [2.75, 3.05) is 39.4 Å². The number of nitrogens with zero attached hydrogens (tertiary/aromatic N) is 1. The minimum absolute atomic E-state index is 0.587. The molecule has 152 valence electrons. The van der Waals surface area contributed by atoms with E-state index in [0.29, 0.717) is 6.61 Å². The molecule has 1 aliphatic rings. The van der Waals surface area contributed by atoms with E-state index >= 15 is 0 Å². The maximum absolute atomic E-state index is 6.22. The predicted molar refractivity (Wildman–Crippen MR) is 118 cm³/mol. The van der Waals surface area contributed by atoms with Gasteiger partial charge in [0.1, 0.15) is 12.4 Å². The van der Waals surface area contributed by atoms with Crippen molar-refractivity contribution in [2.24, 2.45) is 0 Å². The molecule has 1 fully saturated rings. The van der Waals surface area contributed by atoms with Gasteiger partial charge in [-0.3, -0.25) is 4.90 Å². The van der Waals surface area contributed by atoms with E-state index in [9.17, 15) is 0 Å². The maximum atomic E-state index is 6.22. The fourth-order valence-corrected chi connectivity index (χ4v) is 3.83. The minimum Gasteiger partial charge on any atom is -0.489 e. The van der Waals surface area contributed by atoms with E-state index in [0.717, 1.165) is 58.1 Å². The lowest BCUT2D eigenvalue weighted by molar-refractivity contribution is 0.0374. The van der Waals surface area contributed by atoms with Gasteiger partial charge in [-0.1, -0.05) is 60.7 Å². The topological polar surface area (TPSA) is 33.7 Å². The molecule has 29 heavy (non-hydrogen) atoms. The van der Waals surface area contributed by atoms with Gasteiger partial charge < -0.3 is 14.8 Å². The first-order valence-corrected chi connectivity index (χ1v) is 10.6. The third-order valence-electron chi connectivity index (χ3n) is 5.47. The minimum atomic E-state index is 0.587. The largest absolute Gasteiger partial charge is 0.489 e. The van der Waals surface area contributed by atoms with Gasteiger partial charge in [-0.15, -0.1) is 0 Å². The number of nitrogens with one attached hydrogen (secondary N) is 1. The summed E-state index contributed by atoms with van der Waals surface area (Å²) in [4.78, 5) is 2.48. The van der Waals surface area contributed by atoms with Crippen molar-refractivity contribution >= 4 is 10.8 Å². The number of morpholine rings is 1. The van der Waals surface area contributed by atoms with Crippen molar-refractivity contribution in [1.29, 1.82) is 0 Å². The van der Waals surface area contributed by atoms with Gasteiger partial charge in [0, 0.05) is 25.2 Å². The second kappa shape index (κ2) is 10.4. The van der Waals surface area contributed by atoms with Crippen molar-refractivity contribution < 1.29 is 9.47 Å². The van der Waals surface area contributed by atoms with Crippen LogP contribution in [0.15, 0.2) is 66.7 Å². The standard InChI is InChI=1S/C25H30N2O2/c1-2-7-21(8-3-1)20-29-25-12-11-22-9-4-5-10-23(22)24(25)19-26-13-6-14-27-15-17-28-18-16-27/h1-5,7-12,26H,6,13-20H2. The van der Waals surface area contributed by atoms with Crippen LogP contribution < -0.4 is 10.1 Å². The van der Waals surface area contributed by atoms with Gasteiger partial charge in [0.05, 0.1) is 13.2 Å². The SMILES string of the molecule is c1ccc(COc2ccc3ccccc3c2CNCCCN2CCOCC2)cc1. The molecule has 0 atom stereocenters. The van der Waals surface area contributed by atoms with Gasteiger partial charge in [0.15, 0.2) is 0 Å². The lowest BCUT2D eigenvalue weighted by Gasteiger charge is -2.26. The van der Waals surface area contributed by atoms with Gasteiger partial charge >= 0.3 is 0 Å². The average molecular weight is 391 g/mol. The summed E-state index contributed by atoms with van der Waals surface area (Å²) in [6.45, 7) is 7.37. The number of hydrogen-bond acceptors (Lipinski definition) is 4. The summed E-state index contributed by atoms with van der Waals surface area (Å²) in [5, 5.41) is 6.15. The number of hydrogen-bond donors (Lipinski definition) is 1. The van der Waals surface area contributed by atoms with Crippen LogP contribution in [0.4, 0.5) is 0 Å². The van der Waals surface area contributed by atoms with Gasteiger partial charge in [-0.05, 0) is 41.9 Å². The molecule has 4 heteroatoms. The second-order valence-corrected chi connectivity index (χ2v) is 7.52. The quantitative estimate of drug-likeness (QED) is 0.555. The summed E-state index contributed by atoms with van der Waals surface area (Å²) >= 11 is 0. The highest BCUT2D eigenvalue weighted by atomic mass is 16.5. The van der Waals surface area contributed by atoms with E-state index in [4.69, 9.17) is 9.47 Å². The molecule has 0 spiro atoms. The van der Waals surface area contributed by atoms with E-state index in [1.807, 2.05) is 6.07 Å². The van der Waals surface area contributed by atoms with Crippen LogP contribution in [0.5, 0.6) is 5.75 Å². The molecule has 0 radical (unpaired) electrons. The first kappa shape index (κ1) is 19.9. The average Bonchev–Trinajstić information content (AvgIpc) is 2.79. The number of rotatable bonds is 9. The Morgan fingerprint density at radius 3 is 2.55 bits per heavy atom. The zero-order valence-electron chi connectivity index (χ0n) is 17.0. The molecule has 0 amide bonds. The summed E-state index contributed by atoms with van der Waals surface area (Å²) in [6.07, 6.45) is 1.14. The molecular weight excluding hydrogens is 360 g/mol. The molecule has 1 saturated heterocycles. The lowest BCUT2D eigenvalue weighted by Crippen LogP contribution is -2.37. The van der Waals surface area contributed by atoms with Crippen LogP contribution in [0, 0.1) is 0 Å². The second-order valence-electron chi connectivity index (χ2n) is 7.52. The van der Waals surface area contributed by atoms with E-state index in [1.54, 1.807) is 0 Å². The molecule has 0 bridgehead atoms. The third-order valence-corrected chi connectivity index (χ3v) is 5.47. The Morgan fingerprint density at radius 2 is 1.69 bits per heavy atom. The van der Waals surface area contributed by atoms with E-state index in [-0.39, 0.29) is 0 Å². The Balaban J connectivity index is 1.38. The Bertz CT molecular complexity index is 892. The highest BCUT2D eigenvalue weighted by molar-refractivity contribution is 5.87. The molecule has 1 heterocycles. The molecule has 4 rings (SSSR count). The summed E-state index contributed by atoms with van der Waals surface area (Å²) in [6, 6.07) is 23.1. The van der Waals surface area contributed by atoms with Crippen LogP contribution in [0.1, 0.15) is 17.5 Å². The Hall–Kier alpha value is -2.40. The van der Waals surface area contributed by atoms with E-state index in [1.165, 1.54) is 21.9 Å². The van der Waals surface area contributed by atoms with Gasteiger partial charge in [-0.25, -0.2) is 0 Å². The number of ether oxygens (including phenoxy) is 2. The predicted octanol–water partition coefficient (Wildman–Crippen LogP) is 4.23. The van der Waals surface area contributed by atoms with Crippen LogP contribution >= 0.6 is 0 Å². The Labute approximate surface area is 173 Å². The molecular formula is C25H30N2O2. The highest BCUT2D eigenvalue weighted by Crippen LogP contribution is 2.28. The molecule has 1 aliphatic heterocycles. The first-order chi connectivity index (χ1) is 14.4. The zero-order chi connectivity index (χ0) is 19.7. The molecule has 1 N–H and O–H groups in total. The molecule has 0 saturated carbocycles. The summed E-state index contributed by atoms with van der Waals surface area (Å²) in [7, 11) is 0. The Morgan fingerprint density at radius 1 is 0.897 bits per heavy atom. The van der Waals surface area contributed by atoms with Crippen molar-refractivity contribution in [3.05, 3.63) is 77.9 Å². The summed E-state index contributed by atoms with van der Waals surface area (Å²) in [5.74, 6) is 0.966. The van der Waals surface area contributed by atoms with Crippen molar-refractivity contribution in [2.45, 2.75) is 19.6 Å². The fourth-order valence-electron chi connectivity index (χ4n) is 3.83. The lowest BCUT2D eigenvalue weighted by atomic mass is 10.0. The molecule has 3 aromatic carbocycles. The van der Waals surface area contributed by atoms with E-state index in [2.05, 4.69) is 70.9 Å². The number of fused-ring (bicyclic) bond motifs is 1. The van der Waals surface area contributed by atoms with Crippen LogP contribution in [0.3, 0.4) is 0 Å². The normalized spacial score (nSPS) is 14.9. The molecule has 0 unspecified atom stereocenters. The van der Waals surface area contributed by atoms with Crippen molar-refractivity contribution in [1.82, 2.24) is 10.2 Å².